The molecule has 0 radical (unpaired) electrons. The molecule has 226 valence electrons. The van der Waals surface area contributed by atoms with Gasteiger partial charge in [-0.1, -0.05) is 32.9 Å². The van der Waals surface area contributed by atoms with Crippen LogP contribution >= 0.6 is 0 Å². The molecule has 2 heterocycles. The van der Waals surface area contributed by atoms with E-state index in [0.717, 1.165) is 6.07 Å². The van der Waals surface area contributed by atoms with Crippen molar-refractivity contribution < 1.29 is 27.9 Å². The molecule has 0 aliphatic carbocycles. The Kier molecular flexibility index (Phi) is 10.4. The molecular weight excluding hydrogens is 548 g/mol. The number of aromatic nitrogens is 3. The molecule has 3 aromatic rings. The summed E-state index contributed by atoms with van der Waals surface area (Å²) in [5.41, 5.74) is 0.207. The summed E-state index contributed by atoms with van der Waals surface area (Å²) >= 11 is 0. The Hall–Kier alpha value is -4.35. The molecule has 2 amide bonds. The first-order valence-electron chi connectivity index (χ1n) is 13.5. The smallest absolute Gasteiger partial charge is 0.407 e. The van der Waals surface area contributed by atoms with Crippen LogP contribution in [0.2, 0.25) is 0 Å². The maximum Gasteiger partial charge on any atom is 0.407 e. The number of benzene rings is 1. The van der Waals surface area contributed by atoms with Crippen molar-refractivity contribution in [1.82, 2.24) is 24.8 Å². The first-order chi connectivity index (χ1) is 19.7. The molecule has 0 aliphatic rings. The highest BCUT2D eigenvalue weighted by Gasteiger charge is 2.24. The normalized spacial score (nSPS) is 12.5. The number of carbonyl (C=O) groups excluding carboxylic acids is 3. The number of aromatic amines is 1. The monoisotopic (exact) mass is 585 g/mol. The summed E-state index contributed by atoms with van der Waals surface area (Å²) in [6.45, 7) is 5.72. The Morgan fingerprint density at radius 2 is 1.95 bits per heavy atom. The Labute approximate surface area is 242 Å². The van der Waals surface area contributed by atoms with Crippen molar-refractivity contribution in [3.8, 4) is 0 Å². The first-order valence-corrected chi connectivity index (χ1v) is 13.5. The third kappa shape index (κ3) is 8.34. The molecule has 0 aliphatic heterocycles. The lowest BCUT2D eigenvalue weighted by Crippen LogP contribution is -2.42. The van der Waals surface area contributed by atoms with Crippen LogP contribution in [0.3, 0.4) is 0 Å². The fourth-order valence-electron chi connectivity index (χ4n) is 4.41. The highest BCUT2D eigenvalue weighted by atomic mass is 19.2. The molecule has 0 saturated carbocycles. The van der Waals surface area contributed by atoms with Gasteiger partial charge >= 0.3 is 6.09 Å². The number of ketones is 1. The second-order valence-corrected chi connectivity index (χ2v) is 11.5. The Morgan fingerprint density at radius 3 is 2.60 bits per heavy atom. The molecule has 0 saturated heterocycles. The summed E-state index contributed by atoms with van der Waals surface area (Å²) in [6, 6.07) is 3.22. The van der Waals surface area contributed by atoms with Gasteiger partial charge in [-0.25, -0.2) is 18.6 Å². The van der Waals surface area contributed by atoms with Gasteiger partial charge in [0.2, 0.25) is 5.91 Å². The highest BCUT2D eigenvalue weighted by Crippen LogP contribution is 2.29. The average molecular weight is 586 g/mol. The van der Waals surface area contributed by atoms with Gasteiger partial charge in [-0.2, -0.15) is 0 Å². The SMILES string of the molecule is COC(=O)N[C@@H](CC/C=C/C(=O)N(C)C)C(=O)Cc1cccn(Cc2nc3c(CC(C)(C)C)c(F)c(F)cc3[nH]2)c1=O. The molecule has 42 heavy (non-hydrogen) atoms. The molecule has 3 rings (SSSR count). The zero-order valence-electron chi connectivity index (χ0n) is 24.7. The van der Waals surface area contributed by atoms with E-state index in [4.69, 9.17) is 0 Å². The minimum absolute atomic E-state index is 0.0255. The number of H-pyrrole nitrogens is 1. The number of nitrogens with zero attached hydrogens (tertiary/aromatic N) is 3. The lowest BCUT2D eigenvalue weighted by molar-refractivity contribution is -0.123. The number of halogens is 2. The fourth-order valence-corrected chi connectivity index (χ4v) is 4.41. The summed E-state index contributed by atoms with van der Waals surface area (Å²) in [7, 11) is 4.40. The van der Waals surface area contributed by atoms with E-state index in [1.165, 1.54) is 34.9 Å². The van der Waals surface area contributed by atoms with E-state index in [1.54, 1.807) is 26.2 Å². The Balaban J connectivity index is 1.82. The molecule has 12 heteroatoms. The van der Waals surface area contributed by atoms with Crippen LogP contribution in [0.25, 0.3) is 11.0 Å². The van der Waals surface area contributed by atoms with Crippen LogP contribution in [0.5, 0.6) is 0 Å². The lowest BCUT2D eigenvalue weighted by Gasteiger charge is -2.18. The number of ether oxygens (including phenoxy) is 1. The predicted octanol–water partition coefficient (Wildman–Crippen LogP) is 3.90. The number of hydrogen-bond donors (Lipinski definition) is 2. The summed E-state index contributed by atoms with van der Waals surface area (Å²) in [4.78, 5) is 58.9. The lowest BCUT2D eigenvalue weighted by atomic mass is 9.87. The Bertz CT molecular complexity index is 1550. The Morgan fingerprint density at radius 1 is 1.24 bits per heavy atom. The van der Waals surface area contributed by atoms with Crippen LogP contribution in [-0.4, -0.2) is 64.5 Å². The molecule has 0 spiro atoms. The van der Waals surface area contributed by atoms with Crippen molar-refractivity contribution in [1.29, 1.82) is 0 Å². The van der Waals surface area contributed by atoms with E-state index in [-0.39, 0.29) is 48.3 Å². The second kappa shape index (κ2) is 13.5. The largest absolute Gasteiger partial charge is 0.453 e. The molecule has 10 nitrogen and oxygen atoms in total. The molecule has 1 aromatic carbocycles. The van der Waals surface area contributed by atoms with Crippen LogP contribution in [0, 0.1) is 17.0 Å². The van der Waals surface area contributed by atoms with Gasteiger partial charge in [-0.15, -0.1) is 0 Å². The maximum absolute atomic E-state index is 14.7. The van der Waals surface area contributed by atoms with Crippen molar-refractivity contribution in [2.75, 3.05) is 21.2 Å². The van der Waals surface area contributed by atoms with Crippen LogP contribution in [0.15, 0.2) is 41.3 Å². The van der Waals surface area contributed by atoms with Gasteiger partial charge in [0.25, 0.3) is 5.56 Å². The third-order valence-electron chi connectivity index (χ3n) is 6.49. The van der Waals surface area contributed by atoms with E-state index < -0.39 is 35.1 Å². The molecule has 2 N–H and O–H groups in total. The van der Waals surface area contributed by atoms with Crippen LogP contribution in [0.4, 0.5) is 13.6 Å². The number of amides is 2. The zero-order chi connectivity index (χ0) is 31.2. The number of Topliss-reactive ketones (excluding diaryl/α,β-unsaturated/α-hetero) is 1. The van der Waals surface area contributed by atoms with Gasteiger partial charge in [-0.05, 0) is 36.8 Å². The van der Waals surface area contributed by atoms with Crippen molar-refractivity contribution in [3.63, 3.8) is 0 Å². The van der Waals surface area contributed by atoms with Crippen LogP contribution in [-0.2, 0) is 33.7 Å². The number of rotatable bonds is 11. The summed E-state index contributed by atoms with van der Waals surface area (Å²) in [5, 5.41) is 2.49. The number of imidazole rings is 1. The minimum atomic E-state index is -0.982. The minimum Gasteiger partial charge on any atom is -0.453 e. The van der Waals surface area contributed by atoms with Gasteiger partial charge in [0, 0.05) is 43.9 Å². The topological polar surface area (TPSA) is 126 Å². The van der Waals surface area contributed by atoms with E-state index in [9.17, 15) is 28.0 Å². The van der Waals surface area contributed by atoms with E-state index in [0.29, 0.717) is 23.3 Å². The number of carbonyl (C=O) groups is 3. The van der Waals surface area contributed by atoms with Gasteiger partial charge in [0.15, 0.2) is 17.4 Å². The van der Waals surface area contributed by atoms with E-state index in [1.807, 2.05) is 20.8 Å². The number of methoxy groups -OCH3 is 1. The van der Waals surface area contributed by atoms with Crippen molar-refractivity contribution in [3.05, 3.63) is 75.5 Å². The summed E-state index contributed by atoms with van der Waals surface area (Å²) < 4.78 is 35.0. The number of nitrogens with one attached hydrogen (secondary N) is 2. The molecule has 0 fully saturated rings. The van der Waals surface area contributed by atoms with Gasteiger partial charge in [-0.3, -0.25) is 14.4 Å². The standard InChI is InChI=1S/C30H37F2N5O5/c1-30(2,3)16-19-26(32)20(31)15-22-27(19)35-24(33-22)17-37-13-9-10-18(28(37)40)14-23(38)21(34-29(41)42-6)11-7-8-12-25(39)36(4)5/h8-10,12-13,15,21H,7,11,14,16-17H2,1-6H3,(H,33,35)(H,34,41)/b12-8+/t21-/m0/s1. The number of likely N-dealkylation sites (N-methyl/N-ethyl adjacent to an activating group) is 1. The average Bonchev–Trinajstić information content (AvgIpc) is 3.31. The molecule has 0 unspecified atom stereocenters. The second-order valence-electron chi connectivity index (χ2n) is 11.5. The van der Waals surface area contributed by atoms with E-state index in [2.05, 4.69) is 20.0 Å². The number of allylic oxidation sites excluding steroid dienone is 1. The fraction of sp³-hybridized carbons (Fsp3) is 0.433. The van der Waals surface area contributed by atoms with Gasteiger partial charge in [0.05, 0.1) is 30.7 Å². The third-order valence-corrected chi connectivity index (χ3v) is 6.49. The summed E-state index contributed by atoms with van der Waals surface area (Å²) in [5.74, 6) is -2.23. The number of fused-ring (bicyclic) bond motifs is 1. The zero-order valence-corrected chi connectivity index (χ0v) is 24.7. The predicted molar refractivity (Wildman–Crippen MR) is 154 cm³/mol. The van der Waals surface area contributed by atoms with Crippen molar-refractivity contribution >= 4 is 28.8 Å². The first kappa shape index (κ1) is 32.2. The van der Waals surface area contributed by atoms with Crippen molar-refractivity contribution in [2.24, 2.45) is 5.41 Å². The molecular formula is C30H37F2N5O5. The van der Waals surface area contributed by atoms with Gasteiger partial charge < -0.3 is 24.5 Å². The number of alkyl carbamates (subject to hydrolysis) is 1. The number of pyridine rings is 1. The number of hydrogen-bond acceptors (Lipinski definition) is 6. The summed E-state index contributed by atoms with van der Waals surface area (Å²) in [6.07, 6.45) is 4.22. The van der Waals surface area contributed by atoms with Gasteiger partial charge in [0.1, 0.15) is 5.82 Å². The molecule has 2 aromatic heterocycles. The van der Waals surface area contributed by atoms with Crippen LogP contribution in [0.1, 0.15) is 50.6 Å². The maximum atomic E-state index is 14.7. The van der Waals surface area contributed by atoms with Crippen molar-refractivity contribution in [2.45, 2.75) is 59.0 Å². The highest BCUT2D eigenvalue weighted by molar-refractivity contribution is 5.89. The quantitative estimate of drug-likeness (QED) is 0.329. The molecule has 1 atom stereocenters. The van der Waals surface area contributed by atoms with E-state index >= 15 is 0 Å². The molecule has 0 bridgehead atoms. The van der Waals surface area contributed by atoms with Crippen LogP contribution < -0.4 is 10.9 Å².